The van der Waals surface area contributed by atoms with Gasteiger partial charge in [0.1, 0.15) is 5.92 Å². The Morgan fingerprint density at radius 2 is 2.18 bits per heavy atom. The van der Waals surface area contributed by atoms with Gasteiger partial charge in [-0.25, -0.2) is 0 Å². The molecule has 6 heteroatoms. The predicted octanol–water partition coefficient (Wildman–Crippen LogP) is 1.09. The molecule has 2 rings (SSSR count). The maximum absolute atomic E-state index is 12.2. The van der Waals surface area contributed by atoms with Crippen molar-refractivity contribution in [2.24, 2.45) is 5.92 Å². The van der Waals surface area contributed by atoms with E-state index < -0.39 is 0 Å². The van der Waals surface area contributed by atoms with Crippen LogP contribution in [0.15, 0.2) is 24.3 Å². The van der Waals surface area contributed by atoms with Gasteiger partial charge in [-0.2, -0.15) is 0 Å². The molecule has 120 valence electrons. The number of nitrogens with one attached hydrogen (secondary N) is 2. The van der Waals surface area contributed by atoms with Crippen molar-refractivity contribution in [2.75, 3.05) is 31.6 Å². The summed E-state index contributed by atoms with van der Waals surface area (Å²) in [5.41, 5.74) is 0.839. The lowest BCUT2D eigenvalue weighted by molar-refractivity contribution is -0.899. The second-order valence-corrected chi connectivity index (χ2v) is 6.66. The maximum Gasteiger partial charge on any atom is 0.314 e. The molecule has 2 N–H and O–H groups in total. The van der Waals surface area contributed by atoms with E-state index in [1.165, 1.54) is 0 Å². The summed E-state index contributed by atoms with van der Waals surface area (Å²) in [5.74, 6) is -0.213. The average Bonchev–Trinajstić information content (AvgIpc) is 2.50. The second-order valence-electron chi connectivity index (χ2n) is 5.50. The van der Waals surface area contributed by atoms with E-state index in [1.807, 2.05) is 31.2 Å². The highest BCUT2D eigenvalue weighted by atomic mass is 127. The van der Waals surface area contributed by atoms with Crippen molar-refractivity contribution in [1.29, 1.82) is 0 Å². The minimum absolute atomic E-state index is 0.0105. The molecule has 0 saturated carbocycles. The zero-order valence-electron chi connectivity index (χ0n) is 12.7. The lowest BCUT2D eigenvalue weighted by Crippen LogP contribution is -3.14. The molecule has 1 fully saturated rings. The molecule has 0 radical (unpaired) electrons. The first-order chi connectivity index (χ1) is 10.6. The molecule has 1 unspecified atom stereocenters. The summed E-state index contributed by atoms with van der Waals surface area (Å²) >= 11 is 2.20. The molecule has 1 aromatic carbocycles. The number of quaternary nitrogens is 1. The van der Waals surface area contributed by atoms with E-state index in [4.69, 9.17) is 4.74 Å². The van der Waals surface area contributed by atoms with Gasteiger partial charge in [0.2, 0.25) is 0 Å². The van der Waals surface area contributed by atoms with Crippen LogP contribution in [0, 0.1) is 9.49 Å². The lowest BCUT2D eigenvalue weighted by atomic mass is 9.98. The van der Waals surface area contributed by atoms with Crippen molar-refractivity contribution >= 4 is 40.2 Å². The first-order valence-electron chi connectivity index (χ1n) is 7.64. The molecule has 2 atom stereocenters. The molecule has 1 heterocycles. The molecule has 22 heavy (non-hydrogen) atoms. The van der Waals surface area contributed by atoms with E-state index >= 15 is 0 Å². The van der Waals surface area contributed by atoms with Crippen LogP contribution < -0.4 is 10.2 Å². The van der Waals surface area contributed by atoms with Crippen LogP contribution in [0.1, 0.15) is 19.8 Å². The fourth-order valence-electron chi connectivity index (χ4n) is 2.76. The molecule has 5 nitrogen and oxygen atoms in total. The number of carbonyl (C=O) groups excluding carboxylic acids is 2. The van der Waals surface area contributed by atoms with Gasteiger partial charge < -0.3 is 15.0 Å². The third kappa shape index (κ3) is 4.95. The van der Waals surface area contributed by atoms with E-state index in [1.54, 1.807) is 0 Å². The van der Waals surface area contributed by atoms with Crippen LogP contribution in [0.3, 0.4) is 0 Å². The maximum atomic E-state index is 12.2. The molecule has 1 aromatic rings. The fraction of sp³-hybridized carbons (Fsp3) is 0.500. The van der Waals surface area contributed by atoms with Crippen LogP contribution in [0.2, 0.25) is 0 Å². The third-order valence-electron chi connectivity index (χ3n) is 3.80. The summed E-state index contributed by atoms with van der Waals surface area (Å²) in [7, 11) is 0. The Hall–Kier alpha value is -1.15. The highest BCUT2D eigenvalue weighted by molar-refractivity contribution is 14.1. The number of rotatable bonds is 5. The van der Waals surface area contributed by atoms with E-state index in [2.05, 4.69) is 27.9 Å². The number of carbonyl (C=O) groups is 2. The minimum Gasteiger partial charge on any atom is -0.466 e. The summed E-state index contributed by atoms with van der Waals surface area (Å²) in [6.07, 6.45) is 1.81. The van der Waals surface area contributed by atoms with Gasteiger partial charge in [0, 0.05) is 3.57 Å². The quantitative estimate of drug-likeness (QED) is 0.557. The summed E-state index contributed by atoms with van der Waals surface area (Å²) in [6.45, 7) is 4.23. The summed E-state index contributed by atoms with van der Waals surface area (Å²) in [5, 5.41) is 2.94. The van der Waals surface area contributed by atoms with Crippen LogP contribution in [-0.2, 0) is 14.3 Å². The molecule has 0 spiro atoms. The average molecular weight is 417 g/mol. The van der Waals surface area contributed by atoms with Gasteiger partial charge in [0.15, 0.2) is 6.54 Å². The Labute approximate surface area is 144 Å². The molecule has 0 aliphatic carbocycles. The number of esters is 1. The predicted molar refractivity (Wildman–Crippen MR) is 92.7 cm³/mol. The topological polar surface area (TPSA) is 59.8 Å². The van der Waals surface area contributed by atoms with Gasteiger partial charge in [-0.05, 0) is 54.5 Å². The van der Waals surface area contributed by atoms with Crippen LogP contribution >= 0.6 is 22.6 Å². The Morgan fingerprint density at radius 1 is 1.41 bits per heavy atom. The number of hydrogen-bond donors (Lipinski definition) is 2. The van der Waals surface area contributed by atoms with E-state index in [0.717, 1.165) is 33.5 Å². The van der Waals surface area contributed by atoms with Crippen molar-refractivity contribution in [2.45, 2.75) is 19.8 Å². The van der Waals surface area contributed by atoms with Crippen LogP contribution in [0.4, 0.5) is 5.69 Å². The van der Waals surface area contributed by atoms with E-state index in [9.17, 15) is 9.59 Å². The zero-order chi connectivity index (χ0) is 15.9. The van der Waals surface area contributed by atoms with Gasteiger partial charge in [-0.1, -0.05) is 12.1 Å². The van der Waals surface area contributed by atoms with Crippen molar-refractivity contribution in [3.63, 3.8) is 0 Å². The monoisotopic (exact) mass is 417 g/mol. The SMILES string of the molecule is CCOC(=O)[C@H]1CCC[NH+](CC(=O)Nc2ccccc2I)C1. The van der Waals surface area contributed by atoms with E-state index in [0.29, 0.717) is 19.7 Å². The summed E-state index contributed by atoms with van der Waals surface area (Å²) < 4.78 is 6.11. The van der Waals surface area contributed by atoms with Crippen molar-refractivity contribution in [3.8, 4) is 0 Å². The normalized spacial score (nSPS) is 21.2. The summed E-state index contributed by atoms with van der Waals surface area (Å²) in [6, 6.07) is 7.70. The van der Waals surface area contributed by atoms with Crippen LogP contribution in [0.25, 0.3) is 0 Å². The first kappa shape index (κ1) is 17.2. The lowest BCUT2D eigenvalue weighted by Gasteiger charge is -2.28. The minimum atomic E-state index is -0.127. The number of piperidine rings is 1. The number of ether oxygens (including phenoxy) is 1. The van der Waals surface area contributed by atoms with Crippen LogP contribution in [0.5, 0.6) is 0 Å². The number of amides is 1. The fourth-order valence-corrected chi connectivity index (χ4v) is 3.28. The molecule has 1 saturated heterocycles. The van der Waals surface area contributed by atoms with Crippen molar-refractivity contribution in [3.05, 3.63) is 27.8 Å². The number of halogens is 1. The number of hydrogen-bond acceptors (Lipinski definition) is 3. The van der Waals surface area contributed by atoms with Gasteiger partial charge in [-0.3, -0.25) is 9.59 Å². The number of benzene rings is 1. The standard InChI is InChI=1S/C16H21IN2O3/c1-2-22-16(21)12-6-5-9-19(10-12)11-15(20)18-14-8-4-3-7-13(14)17/h3-4,7-8,12H,2,5-6,9-11H2,1H3,(H,18,20)/p+1/t12-/m0/s1. The van der Waals surface area contributed by atoms with Gasteiger partial charge in [-0.15, -0.1) is 0 Å². The highest BCUT2D eigenvalue weighted by Gasteiger charge is 2.30. The Morgan fingerprint density at radius 3 is 2.91 bits per heavy atom. The van der Waals surface area contributed by atoms with Gasteiger partial charge >= 0.3 is 5.97 Å². The Balaban J connectivity index is 1.86. The first-order valence-corrected chi connectivity index (χ1v) is 8.72. The van der Waals surface area contributed by atoms with Crippen LogP contribution in [-0.4, -0.2) is 38.1 Å². The largest absolute Gasteiger partial charge is 0.466 e. The van der Waals surface area contributed by atoms with Crippen molar-refractivity contribution in [1.82, 2.24) is 0 Å². The zero-order valence-corrected chi connectivity index (χ0v) is 14.9. The smallest absolute Gasteiger partial charge is 0.314 e. The number of anilines is 1. The summed E-state index contributed by atoms with van der Waals surface area (Å²) in [4.78, 5) is 25.2. The number of para-hydroxylation sites is 1. The molecule has 1 aliphatic rings. The molecule has 1 amide bonds. The number of likely N-dealkylation sites (tertiary alicyclic amines) is 1. The second kappa shape index (κ2) is 8.47. The highest BCUT2D eigenvalue weighted by Crippen LogP contribution is 2.16. The molecule has 1 aliphatic heterocycles. The molecular weight excluding hydrogens is 395 g/mol. The Kier molecular flexibility index (Phi) is 6.63. The molecular formula is C16H22IN2O3+. The molecule has 0 bridgehead atoms. The Bertz CT molecular complexity index is 536. The molecule has 0 aromatic heterocycles. The van der Waals surface area contributed by atoms with E-state index in [-0.39, 0.29) is 17.8 Å². The van der Waals surface area contributed by atoms with Crippen molar-refractivity contribution < 1.29 is 19.2 Å². The van der Waals surface area contributed by atoms with Gasteiger partial charge in [0.05, 0.1) is 25.4 Å². The third-order valence-corrected chi connectivity index (χ3v) is 4.74. The van der Waals surface area contributed by atoms with Gasteiger partial charge in [0.25, 0.3) is 5.91 Å².